The second-order valence-electron chi connectivity index (χ2n) is 12.3. The molecule has 45 heavy (non-hydrogen) atoms. The zero-order valence-corrected chi connectivity index (χ0v) is 26.1. The van der Waals surface area contributed by atoms with Crippen LogP contribution < -0.4 is 9.47 Å². The van der Waals surface area contributed by atoms with Crippen LogP contribution in [0.2, 0.25) is 0 Å². The molecule has 238 valence electrons. The number of ketones is 1. The molecule has 3 saturated heterocycles. The van der Waals surface area contributed by atoms with Crippen molar-refractivity contribution in [3.63, 3.8) is 0 Å². The quantitative estimate of drug-likeness (QED) is 0.135. The topological polar surface area (TPSA) is 77.5 Å². The highest BCUT2D eigenvalue weighted by Crippen LogP contribution is 2.34. The molecule has 3 aromatic carbocycles. The van der Waals surface area contributed by atoms with E-state index in [4.69, 9.17) is 18.9 Å². The first-order chi connectivity index (χ1) is 22.1. The molecule has 3 heterocycles. The molecule has 0 radical (unpaired) electrons. The van der Waals surface area contributed by atoms with Gasteiger partial charge in [-0.3, -0.25) is 9.69 Å². The van der Waals surface area contributed by atoms with Crippen molar-refractivity contribution in [3.05, 3.63) is 89.0 Å². The van der Waals surface area contributed by atoms with Crippen LogP contribution in [0.3, 0.4) is 0 Å². The predicted molar refractivity (Wildman–Crippen MR) is 176 cm³/mol. The van der Waals surface area contributed by atoms with E-state index in [1.165, 1.54) is 19.3 Å². The van der Waals surface area contributed by atoms with E-state index in [1.807, 2.05) is 60.7 Å². The first-order valence-corrected chi connectivity index (χ1v) is 16.7. The van der Waals surface area contributed by atoms with Crippen molar-refractivity contribution in [3.8, 4) is 17.2 Å². The fraction of sp³-hybridized carbons (Fsp3) is 0.447. The van der Waals surface area contributed by atoms with Gasteiger partial charge in [0.05, 0.1) is 18.3 Å². The summed E-state index contributed by atoms with van der Waals surface area (Å²) in [4.78, 5) is 16.5. The van der Waals surface area contributed by atoms with Gasteiger partial charge in [0.2, 0.25) is 0 Å². The molecule has 0 bridgehead atoms. The number of ether oxygens (including phenoxy) is 4. The average molecular weight is 612 g/mol. The molecule has 3 aliphatic rings. The number of phenols is 1. The molecule has 1 N–H and O–H groups in total. The Balaban J connectivity index is 1.21. The number of carbonyl (C=O) groups is 1. The lowest BCUT2D eigenvalue weighted by Gasteiger charge is -2.26. The Morgan fingerprint density at radius 1 is 0.822 bits per heavy atom. The van der Waals surface area contributed by atoms with Crippen molar-refractivity contribution in [1.82, 2.24) is 4.90 Å². The van der Waals surface area contributed by atoms with E-state index < -0.39 is 0 Å². The van der Waals surface area contributed by atoms with Crippen molar-refractivity contribution in [2.75, 3.05) is 39.5 Å². The van der Waals surface area contributed by atoms with Gasteiger partial charge in [-0.05, 0) is 117 Å². The molecule has 6 rings (SSSR count). The SMILES string of the molecule is O=C(C(=Cc1ccc(OCCN2CCCCC2)cc1)c1ccc(OC2CCCCO2)cc1)c1ccc(C2CCCCO2)cc1O. The van der Waals surface area contributed by atoms with Gasteiger partial charge >= 0.3 is 0 Å². The molecule has 0 saturated carbocycles. The van der Waals surface area contributed by atoms with Gasteiger partial charge < -0.3 is 24.1 Å². The van der Waals surface area contributed by atoms with E-state index in [1.54, 1.807) is 12.1 Å². The summed E-state index contributed by atoms with van der Waals surface area (Å²) < 4.78 is 23.7. The van der Waals surface area contributed by atoms with E-state index in [0.29, 0.717) is 31.1 Å². The lowest BCUT2D eigenvalue weighted by molar-refractivity contribution is -0.105. The molecule has 2 unspecified atom stereocenters. The highest BCUT2D eigenvalue weighted by molar-refractivity contribution is 6.33. The summed E-state index contributed by atoms with van der Waals surface area (Å²) >= 11 is 0. The van der Waals surface area contributed by atoms with Crippen LogP contribution in [-0.4, -0.2) is 61.5 Å². The first kappa shape index (κ1) is 31.3. The van der Waals surface area contributed by atoms with Crippen LogP contribution in [0.1, 0.15) is 90.9 Å². The van der Waals surface area contributed by atoms with Gasteiger partial charge in [0.25, 0.3) is 0 Å². The molecule has 0 spiro atoms. The fourth-order valence-corrected chi connectivity index (χ4v) is 6.34. The number of hydrogen-bond acceptors (Lipinski definition) is 7. The van der Waals surface area contributed by atoms with Gasteiger partial charge in [-0.15, -0.1) is 0 Å². The monoisotopic (exact) mass is 611 g/mol. The summed E-state index contributed by atoms with van der Waals surface area (Å²) in [5.74, 6) is 1.21. The highest BCUT2D eigenvalue weighted by atomic mass is 16.7. The van der Waals surface area contributed by atoms with Crippen molar-refractivity contribution in [2.24, 2.45) is 0 Å². The molecule has 3 aliphatic heterocycles. The summed E-state index contributed by atoms with van der Waals surface area (Å²) in [6.45, 7) is 5.31. The third-order valence-corrected chi connectivity index (χ3v) is 8.95. The zero-order chi connectivity index (χ0) is 30.8. The summed E-state index contributed by atoms with van der Waals surface area (Å²) in [6.07, 6.45) is 11.5. The van der Waals surface area contributed by atoms with E-state index in [0.717, 1.165) is 80.6 Å². The number of likely N-dealkylation sites (tertiary alicyclic amines) is 1. The lowest BCUT2D eigenvalue weighted by atomic mass is 9.92. The maximum Gasteiger partial charge on any atom is 0.199 e. The largest absolute Gasteiger partial charge is 0.507 e. The summed E-state index contributed by atoms with van der Waals surface area (Å²) in [7, 11) is 0. The summed E-state index contributed by atoms with van der Waals surface area (Å²) in [6, 6.07) is 20.6. The molecular weight excluding hydrogens is 566 g/mol. The van der Waals surface area contributed by atoms with E-state index in [9.17, 15) is 9.90 Å². The smallest absolute Gasteiger partial charge is 0.199 e. The molecule has 0 aliphatic carbocycles. The normalized spacial score (nSPS) is 21.3. The molecule has 0 amide bonds. The van der Waals surface area contributed by atoms with Crippen molar-refractivity contribution in [1.29, 1.82) is 0 Å². The second kappa shape index (κ2) is 15.6. The Kier molecular flexibility index (Phi) is 10.8. The third kappa shape index (κ3) is 8.54. The van der Waals surface area contributed by atoms with Gasteiger partial charge in [0.15, 0.2) is 12.1 Å². The molecule has 7 heteroatoms. The van der Waals surface area contributed by atoms with Crippen LogP contribution in [0.25, 0.3) is 11.6 Å². The zero-order valence-electron chi connectivity index (χ0n) is 26.1. The maximum absolute atomic E-state index is 14.1. The summed E-state index contributed by atoms with van der Waals surface area (Å²) in [5, 5.41) is 11.0. The maximum atomic E-state index is 14.1. The number of phenolic OH excluding ortho intramolecular Hbond substituents is 1. The third-order valence-electron chi connectivity index (χ3n) is 8.95. The second-order valence-corrected chi connectivity index (χ2v) is 12.3. The van der Waals surface area contributed by atoms with Crippen LogP contribution in [0, 0.1) is 0 Å². The summed E-state index contributed by atoms with van der Waals surface area (Å²) in [5.41, 5.74) is 3.24. The van der Waals surface area contributed by atoms with Crippen molar-refractivity contribution in [2.45, 2.75) is 70.2 Å². The Hall–Kier alpha value is -3.65. The Morgan fingerprint density at radius 3 is 2.24 bits per heavy atom. The molecule has 0 aromatic heterocycles. The standard InChI is InChI=1S/C38H45NO6/c40-35-27-30(36-8-2-6-23-43-36)14-19-33(35)38(41)34(29-12-17-32(18-13-29)45-37-9-3-7-24-44-37)26-28-10-15-31(16-11-28)42-25-22-39-20-4-1-5-21-39/h10-19,26-27,36-37,40H,1-9,20-25H2. The van der Waals surface area contributed by atoms with Crippen LogP contribution in [0.5, 0.6) is 17.2 Å². The number of allylic oxidation sites excluding steroid dienone is 1. The number of nitrogens with zero attached hydrogens (tertiary/aromatic N) is 1. The van der Waals surface area contributed by atoms with E-state index >= 15 is 0 Å². The minimum absolute atomic E-state index is 0.0376. The number of aromatic hydroxyl groups is 1. The molecule has 7 nitrogen and oxygen atoms in total. The Labute approximate surface area is 266 Å². The van der Waals surface area contributed by atoms with Crippen LogP contribution >= 0.6 is 0 Å². The molecule has 3 fully saturated rings. The minimum atomic E-state index is -0.255. The van der Waals surface area contributed by atoms with Crippen molar-refractivity contribution < 1.29 is 28.8 Å². The van der Waals surface area contributed by atoms with E-state index in [-0.39, 0.29) is 29.5 Å². The highest BCUT2D eigenvalue weighted by Gasteiger charge is 2.22. The molecule has 2 atom stereocenters. The number of rotatable bonds is 11. The van der Waals surface area contributed by atoms with Gasteiger partial charge in [0, 0.05) is 25.1 Å². The Morgan fingerprint density at radius 2 is 1.56 bits per heavy atom. The van der Waals surface area contributed by atoms with Gasteiger partial charge in [0.1, 0.15) is 23.9 Å². The number of benzene rings is 3. The Bertz CT molecular complexity index is 1420. The van der Waals surface area contributed by atoms with Crippen LogP contribution in [-0.2, 0) is 9.47 Å². The van der Waals surface area contributed by atoms with E-state index in [2.05, 4.69) is 4.90 Å². The van der Waals surface area contributed by atoms with Gasteiger partial charge in [-0.1, -0.05) is 36.8 Å². The van der Waals surface area contributed by atoms with Crippen LogP contribution in [0.4, 0.5) is 0 Å². The average Bonchev–Trinajstić information content (AvgIpc) is 3.09. The minimum Gasteiger partial charge on any atom is -0.507 e. The predicted octanol–water partition coefficient (Wildman–Crippen LogP) is 7.83. The van der Waals surface area contributed by atoms with Crippen LogP contribution in [0.15, 0.2) is 66.7 Å². The fourth-order valence-electron chi connectivity index (χ4n) is 6.34. The first-order valence-electron chi connectivity index (χ1n) is 16.7. The van der Waals surface area contributed by atoms with Crippen molar-refractivity contribution >= 4 is 17.4 Å². The molecular formula is C38H45NO6. The van der Waals surface area contributed by atoms with Gasteiger partial charge in [-0.25, -0.2) is 0 Å². The van der Waals surface area contributed by atoms with Gasteiger partial charge in [-0.2, -0.15) is 0 Å². The number of hydrogen-bond donors (Lipinski definition) is 1. The molecule has 3 aromatic rings. The number of Topliss-reactive ketones (excluding diaryl/α,β-unsaturated/α-hetero) is 1. The lowest BCUT2D eigenvalue weighted by Crippen LogP contribution is -2.33. The number of piperidine rings is 1. The number of carbonyl (C=O) groups excluding carboxylic acids is 1.